The molecule has 0 bridgehead atoms. The van der Waals surface area contributed by atoms with Crippen molar-refractivity contribution in [2.24, 2.45) is 5.92 Å². The highest BCUT2D eigenvalue weighted by atomic mass is 19.1. The topological polar surface area (TPSA) is 29.1 Å². The van der Waals surface area contributed by atoms with Crippen molar-refractivity contribution < 1.29 is 9.18 Å². The molecular weight excluding hydrogens is 217 g/mol. The molecule has 17 heavy (non-hydrogen) atoms. The van der Waals surface area contributed by atoms with E-state index < -0.39 is 0 Å². The molecule has 1 aliphatic rings. The fraction of sp³-hybridized carbons (Fsp3) is 0.500. The van der Waals surface area contributed by atoms with Crippen LogP contribution in [0.2, 0.25) is 0 Å². The van der Waals surface area contributed by atoms with Gasteiger partial charge in [-0.1, -0.05) is 18.2 Å². The lowest BCUT2D eigenvalue weighted by Crippen LogP contribution is -2.19. The molecule has 2 nitrogen and oxygen atoms in total. The summed E-state index contributed by atoms with van der Waals surface area (Å²) < 4.78 is 13.4. The van der Waals surface area contributed by atoms with E-state index in [0.717, 1.165) is 32.4 Å². The molecule has 1 aliphatic heterocycles. The van der Waals surface area contributed by atoms with Crippen molar-refractivity contribution in [2.75, 3.05) is 13.1 Å². The Kier molecular flexibility index (Phi) is 4.26. The number of halogens is 1. The molecule has 2 rings (SSSR count). The molecule has 1 unspecified atom stereocenters. The molecular formula is C14H18FNO. The lowest BCUT2D eigenvalue weighted by Gasteiger charge is -2.12. The fourth-order valence-electron chi connectivity index (χ4n) is 2.31. The van der Waals surface area contributed by atoms with E-state index in [1.807, 2.05) is 0 Å². The molecule has 0 spiro atoms. The van der Waals surface area contributed by atoms with Gasteiger partial charge in [0.15, 0.2) is 0 Å². The van der Waals surface area contributed by atoms with Crippen LogP contribution in [-0.2, 0) is 11.2 Å². The maximum Gasteiger partial charge on any atom is 0.140 e. The van der Waals surface area contributed by atoms with Crippen LogP contribution in [0.25, 0.3) is 0 Å². The van der Waals surface area contributed by atoms with Crippen LogP contribution in [0.1, 0.15) is 24.8 Å². The summed E-state index contributed by atoms with van der Waals surface area (Å²) in [6.07, 6.45) is 3.08. The Morgan fingerprint density at radius 2 is 2.12 bits per heavy atom. The Bertz CT molecular complexity index is 384. The summed E-state index contributed by atoms with van der Waals surface area (Å²) in [7, 11) is 0. The number of carbonyl (C=O) groups is 1. The standard InChI is InChI=1S/C14H18FNO/c15-13-6-2-1-4-12(13)10-14(17)11-5-3-8-16-9-7-11/h1-2,4,6,11,16H,3,5,7-10H2. The summed E-state index contributed by atoms with van der Waals surface area (Å²) in [5, 5.41) is 3.28. The van der Waals surface area contributed by atoms with Crippen LogP contribution < -0.4 is 5.32 Å². The predicted octanol–water partition coefficient (Wildman–Crippen LogP) is 2.33. The second-order valence-corrected chi connectivity index (χ2v) is 4.61. The molecule has 0 aliphatic carbocycles. The highest BCUT2D eigenvalue weighted by molar-refractivity contribution is 5.83. The number of hydrogen-bond donors (Lipinski definition) is 1. The van der Waals surface area contributed by atoms with Gasteiger partial charge in [-0.2, -0.15) is 0 Å². The molecule has 1 aromatic carbocycles. The molecule has 1 aromatic rings. The SMILES string of the molecule is O=C(Cc1ccccc1F)C1CCCNCC1. The van der Waals surface area contributed by atoms with E-state index in [9.17, 15) is 9.18 Å². The van der Waals surface area contributed by atoms with Crippen molar-refractivity contribution in [1.29, 1.82) is 0 Å². The largest absolute Gasteiger partial charge is 0.317 e. The van der Waals surface area contributed by atoms with Crippen LogP contribution in [0.3, 0.4) is 0 Å². The number of benzene rings is 1. The predicted molar refractivity (Wildman–Crippen MR) is 65.3 cm³/mol. The van der Waals surface area contributed by atoms with Gasteiger partial charge in [-0.05, 0) is 44.0 Å². The van der Waals surface area contributed by atoms with Crippen molar-refractivity contribution in [2.45, 2.75) is 25.7 Å². The zero-order valence-electron chi connectivity index (χ0n) is 9.92. The normalized spacial score (nSPS) is 20.9. The molecule has 0 aromatic heterocycles. The van der Waals surface area contributed by atoms with E-state index in [1.54, 1.807) is 18.2 Å². The molecule has 92 valence electrons. The van der Waals surface area contributed by atoms with Gasteiger partial charge in [0, 0.05) is 12.3 Å². The number of carbonyl (C=O) groups excluding carboxylic acids is 1. The van der Waals surface area contributed by atoms with Crippen LogP contribution in [0.5, 0.6) is 0 Å². The third-order valence-electron chi connectivity index (χ3n) is 3.35. The molecule has 0 amide bonds. The van der Waals surface area contributed by atoms with E-state index >= 15 is 0 Å². The number of nitrogens with one attached hydrogen (secondary N) is 1. The van der Waals surface area contributed by atoms with E-state index in [1.165, 1.54) is 6.07 Å². The van der Waals surface area contributed by atoms with Gasteiger partial charge in [-0.15, -0.1) is 0 Å². The highest BCUT2D eigenvalue weighted by Crippen LogP contribution is 2.18. The summed E-state index contributed by atoms with van der Waals surface area (Å²) in [6.45, 7) is 1.89. The van der Waals surface area contributed by atoms with Crippen LogP contribution in [0.4, 0.5) is 4.39 Å². The van der Waals surface area contributed by atoms with Crippen molar-refractivity contribution in [3.05, 3.63) is 35.6 Å². The number of hydrogen-bond acceptors (Lipinski definition) is 2. The molecule has 1 saturated heterocycles. The molecule has 1 heterocycles. The average molecular weight is 235 g/mol. The minimum atomic E-state index is -0.271. The maximum atomic E-state index is 13.4. The van der Waals surface area contributed by atoms with Gasteiger partial charge in [0.1, 0.15) is 11.6 Å². The van der Waals surface area contributed by atoms with Crippen molar-refractivity contribution >= 4 is 5.78 Å². The van der Waals surface area contributed by atoms with Gasteiger partial charge in [0.2, 0.25) is 0 Å². The molecule has 1 N–H and O–H groups in total. The van der Waals surface area contributed by atoms with Gasteiger partial charge in [-0.3, -0.25) is 4.79 Å². The van der Waals surface area contributed by atoms with Gasteiger partial charge >= 0.3 is 0 Å². The Labute approximate surface area is 101 Å². The summed E-state index contributed by atoms with van der Waals surface area (Å²) in [4.78, 5) is 12.1. The van der Waals surface area contributed by atoms with Crippen LogP contribution >= 0.6 is 0 Å². The summed E-state index contributed by atoms with van der Waals surface area (Å²) in [5.74, 6) is 0.0102. The van der Waals surface area contributed by atoms with Gasteiger partial charge in [-0.25, -0.2) is 4.39 Å². The van der Waals surface area contributed by atoms with Gasteiger partial charge in [0.05, 0.1) is 0 Å². The smallest absolute Gasteiger partial charge is 0.140 e. The minimum absolute atomic E-state index is 0.101. The lowest BCUT2D eigenvalue weighted by atomic mass is 9.91. The van der Waals surface area contributed by atoms with E-state index in [2.05, 4.69) is 5.32 Å². The summed E-state index contributed by atoms with van der Waals surface area (Å²) in [5.41, 5.74) is 0.523. The first-order valence-electron chi connectivity index (χ1n) is 6.24. The Morgan fingerprint density at radius 1 is 1.29 bits per heavy atom. The van der Waals surface area contributed by atoms with Crippen LogP contribution in [0, 0.1) is 11.7 Å². The third kappa shape index (κ3) is 3.37. The van der Waals surface area contributed by atoms with Gasteiger partial charge < -0.3 is 5.32 Å². The quantitative estimate of drug-likeness (QED) is 0.871. The first-order chi connectivity index (χ1) is 8.27. The first kappa shape index (κ1) is 12.2. The number of ketones is 1. The third-order valence-corrected chi connectivity index (χ3v) is 3.35. The van der Waals surface area contributed by atoms with Crippen molar-refractivity contribution in [3.8, 4) is 0 Å². The second kappa shape index (κ2) is 5.92. The fourth-order valence-corrected chi connectivity index (χ4v) is 2.31. The second-order valence-electron chi connectivity index (χ2n) is 4.61. The van der Waals surface area contributed by atoms with Crippen LogP contribution in [-0.4, -0.2) is 18.9 Å². The van der Waals surface area contributed by atoms with Crippen molar-refractivity contribution in [3.63, 3.8) is 0 Å². The zero-order valence-corrected chi connectivity index (χ0v) is 9.92. The van der Waals surface area contributed by atoms with E-state index in [4.69, 9.17) is 0 Å². The Hall–Kier alpha value is -1.22. The molecule has 1 atom stereocenters. The molecule has 1 fully saturated rings. The Morgan fingerprint density at radius 3 is 2.94 bits per heavy atom. The molecule has 3 heteroatoms. The Balaban J connectivity index is 1.98. The highest BCUT2D eigenvalue weighted by Gasteiger charge is 2.20. The van der Waals surface area contributed by atoms with Gasteiger partial charge in [0.25, 0.3) is 0 Å². The van der Waals surface area contributed by atoms with Crippen molar-refractivity contribution in [1.82, 2.24) is 5.32 Å². The lowest BCUT2D eigenvalue weighted by molar-refractivity contribution is -0.122. The molecule has 0 saturated carbocycles. The van der Waals surface area contributed by atoms with E-state index in [0.29, 0.717) is 5.56 Å². The number of Topliss-reactive ketones (excluding diaryl/α,β-unsaturated/α-hetero) is 1. The monoisotopic (exact) mass is 235 g/mol. The minimum Gasteiger partial charge on any atom is -0.317 e. The summed E-state index contributed by atoms with van der Waals surface area (Å²) in [6, 6.07) is 6.54. The van der Waals surface area contributed by atoms with Crippen LogP contribution in [0.15, 0.2) is 24.3 Å². The maximum absolute atomic E-state index is 13.4. The first-order valence-corrected chi connectivity index (χ1v) is 6.24. The zero-order chi connectivity index (χ0) is 12.1. The average Bonchev–Trinajstić information content (AvgIpc) is 2.61. The van der Waals surface area contributed by atoms with E-state index in [-0.39, 0.29) is 23.9 Å². The molecule has 0 radical (unpaired) electrons. The number of rotatable bonds is 3. The summed E-state index contributed by atoms with van der Waals surface area (Å²) >= 11 is 0.